The zero-order valence-electron chi connectivity index (χ0n) is 18.8. The molecule has 0 amide bonds. The monoisotopic (exact) mass is 482 g/mol. The van der Waals surface area contributed by atoms with Gasteiger partial charge in [-0.05, 0) is 37.5 Å². The lowest BCUT2D eigenvalue weighted by molar-refractivity contribution is 0.326. The minimum Gasteiger partial charge on any atom is -0.508 e. The Balaban J connectivity index is 1.45. The van der Waals surface area contributed by atoms with E-state index in [9.17, 15) is 13.5 Å². The van der Waals surface area contributed by atoms with Crippen LogP contribution >= 0.6 is 0 Å². The van der Waals surface area contributed by atoms with Gasteiger partial charge in [0.15, 0.2) is 0 Å². The second kappa shape index (κ2) is 9.07. The summed E-state index contributed by atoms with van der Waals surface area (Å²) in [5.74, 6) is 1.12. The molecule has 1 fully saturated rings. The SMILES string of the molecule is CCCS(=O)(=O)N1CCC[C@@H](Nc2nccc(-c3c(-c4cccc(O)c4)nc4occn34)n2)C1. The number of hydrogen-bond donors (Lipinski definition) is 2. The minimum absolute atomic E-state index is 0.0828. The van der Waals surface area contributed by atoms with E-state index in [0.717, 1.165) is 18.4 Å². The Morgan fingerprint density at radius 2 is 2.15 bits per heavy atom. The van der Waals surface area contributed by atoms with E-state index in [1.54, 1.807) is 51.6 Å². The Bertz CT molecular complexity index is 1410. The molecule has 3 aromatic heterocycles. The third-order valence-electron chi connectivity index (χ3n) is 5.85. The maximum atomic E-state index is 12.5. The van der Waals surface area contributed by atoms with E-state index in [0.29, 0.717) is 48.4 Å². The highest BCUT2D eigenvalue weighted by Gasteiger charge is 2.29. The summed E-state index contributed by atoms with van der Waals surface area (Å²) in [5, 5.41) is 13.3. The minimum atomic E-state index is -3.25. The topological polar surface area (TPSA) is 126 Å². The van der Waals surface area contributed by atoms with Gasteiger partial charge in [-0.2, -0.15) is 9.29 Å². The molecule has 2 N–H and O–H groups in total. The number of fused-ring (bicyclic) bond motifs is 1. The van der Waals surface area contributed by atoms with Crippen LogP contribution < -0.4 is 5.32 Å². The number of piperidine rings is 1. The molecule has 0 unspecified atom stereocenters. The number of aromatic nitrogens is 4. The Hall–Kier alpha value is -3.44. The molecule has 4 aromatic rings. The Kier molecular flexibility index (Phi) is 5.96. The van der Waals surface area contributed by atoms with Crippen molar-refractivity contribution in [2.24, 2.45) is 0 Å². The molecule has 1 aliphatic heterocycles. The second-order valence-electron chi connectivity index (χ2n) is 8.34. The van der Waals surface area contributed by atoms with Crippen molar-refractivity contribution < 1.29 is 17.9 Å². The van der Waals surface area contributed by atoms with E-state index < -0.39 is 10.0 Å². The van der Waals surface area contributed by atoms with Gasteiger partial charge in [0.05, 0.1) is 11.4 Å². The smallest absolute Gasteiger partial charge is 0.306 e. The van der Waals surface area contributed by atoms with Crippen LogP contribution in [-0.2, 0) is 10.0 Å². The number of phenols is 1. The van der Waals surface area contributed by atoms with E-state index in [1.165, 1.54) is 0 Å². The molecule has 178 valence electrons. The van der Waals surface area contributed by atoms with Crippen molar-refractivity contribution in [3.8, 4) is 28.4 Å². The molecule has 34 heavy (non-hydrogen) atoms. The Labute approximate surface area is 197 Å². The van der Waals surface area contributed by atoms with Crippen molar-refractivity contribution in [3.63, 3.8) is 0 Å². The van der Waals surface area contributed by atoms with Crippen LogP contribution in [0.15, 0.2) is 53.4 Å². The van der Waals surface area contributed by atoms with Crippen LogP contribution in [0.1, 0.15) is 26.2 Å². The van der Waals surface area contributed by atoms with Crippen molar-refractivity contribution in [2.75, 3.05) is 24.2 Å². The van der Waals surface area contributed by atoms with Crippen molar-refractivity contribution in [2.45, 2.75) is 32.2 Å². The van der Waals surface area contributed by atoms with E-state index in [2.05, 4.69) is 15.3 Å². The molecule has 1 atom stereocenters. The van der Waals surface area contributed by atoms with Crippen LogP contribution in [0.2, 0.25) is 0 Å². The molecule has 4 heterocycles. The fourth-order valence-corrected chi connectivity index (χ4v) is 5.92. The molecule has 1 aromatic carbocycles. The number of nitrogens with one attached hydrogen (secondary N) is 1. The lowest BCUT2D eigenvalue weighted by Crippen LogP contribution is -2.46. The van der Waals surface area contributed by atoms with Gasteiger partial charge in [-0.25, -0.2) is 18.4 Å². The lowest BCUT2D eigenvalue weighted by Gasteiger charge is -2.32. The van der Waals surface area contributed by atoms with Gasteiger partial charge in [-0.3, -0.25) is 4.40 Å². The van der Waals surface area contributed by atoms with Crippen molar-refractivity contribution in [3.05, 3.63) is 49.0 Å². The summed E-state index contributed by atoms with van der Waals surface area (Å²) >= 11 is 0. The van der Waals surface area contributed by atoms with Crippen molar-refractivity contribution in [1.29, 1.82) is 0 Å². The van der Waals surface area contributed by atoms with Gasteiger partial charge >= 0.3 is 5.84 Å². The van der Waals surface area contributed by atoms with Crippen LogP contribution in [-0.4, -0.2) is 62.1 Å². The maximum absolute atomic E-state index is 12.5. The van der Waals surface area contributed by atoms with Gasteiger partial charge in [0, 0.05) is 37.1 Å². The number of imidazole rings is 1. The van der Waals surface area contributed by atoms with Gasteiger partial charge in [-0.1, -0.05) is 19.1 Å². The first kappa shape index (κ1) is 22.4. The van der Waals surface area contributed by atoms with E-state index in [-0.39, 0.29) is 17.5 Å². The number of rotatable bonds is 7. The largest absolute Gasteiger partial charge is 0.508 e. The second-order valence-corrected chi connectivity index (χ2v) is 10.4. The Morgan fingerprint density at radius 3 is 2.97 bits per heavy atom. The zero-order valence-corrected chi connectivity index (χ0v) is 19.6. The molecule has 11 heteroatoms. The van der Waals surface area contributed by atoms with Crippen LogP contribution in [0.25, 0.3) is 28.5 Å². The van der Waals surface area contributed by atoms with Crippen LogP contribution in [0.3, 0.4) is 0 Å². The summed E-state index contributed by atoms with van der Waals surface area (Å²) in [7, 11) is -3.25. The molecule has 0 bridgehead atoms. The molecule has 0 radical (unpaired) electrons. The van der Waals surface area contributed by atoms with Gasteiger partial charge in [0.2, 0.25) is 16.0 Å². The fourth-order valence-electron chi connectivity index (χ4n) is 4.33. The van der Waals surface area contributed by atoms with E-state index >= 15 is 0 Å². The number of benzene rings is 1. The van der Waals surface area contributed by atoms with Crippen LogP contribution in [0, 0.1) is 0 Å². The molecular formula is C23H26N6O4S. The molecule has 1 saturated heterocycles. The molecule has 5 rings (SSSR count). The van der Waals surface area contributed by atoms with Gasteiger partial charge in [0.25, 0.3) is 0 Å². The molecule has 0 aliphatic carbocycles. The average molecular weight is 483 g/mol. The van der Waals surface area contributed by atoms with Crippen LogP contribution in [0.5, 0.6) is 5.75 Å². The summed E-state index contributed by atoms with van der Waals surface area (Å²) in [6.45, 7) is 2.81. The summed E-state index contributed by atoms with van der Waals surface area (Å²) < 4.78 is 33.9. The fraction of sp³-hybridized carbons (Fsp3) is 0.348. The standard InChI is InChI=1S/C23H26N6O4S/c1-2-13-34(31,32)28-10-4-6-17(15-28)25-22-24-9-8-19(26-22)21-20(16-5-3-7-18(30)14-16)27-23-29(21)11-12-33-23/h3,5,7-9,11-12,14,17,30H,2,4,6,10,13,15H2,1H3,(H,24,25,26)/t17-/m1/s1. The first-order valence-corrected chi connectivity index (χ1v) is 12.9. The molecular weight excluding hydrogens is 456 g/mol. The van der Waals surface area contributed by atoms with Crippen molar-refractivity contribution in [1.82, 2.24) is 23.7 Å². The van der Waals surface area contributed by atoms with Crippen molar-refractivity contribution >= 4 is 21.8 Å². The number of phenolic OH excluding ortho intramolecular Hbond substituents is 1. The highest BCUT2D eigenvalue weighted by molar-refractivity contribution is 7.89. The number of sulfonamides is 1. The van der Waals surface area contributed by atoms with Crippen LogP contribution in [0.4, 0.5) is 5.95 Å². The number of anilines is 1. The normalized spacial score (nSPS) is 17.3. The molecule has 1 aliphatic rings. The molecule has 0 saturated carbocycles. The van der Waals surface area contributed by atoms with Gasteiger partial charge in [-0.15, -0.1) is 0 Å². The Morgan fingerprint density at radius 1 is 1.26 bits per heavy atom. The first-order chi connectivity index (χ1) is 16.4. The van der Waals surface area contributed by atoms with E-state index in [1.807, 2.05) is 13.0 Å². The third-order valence-corrected chi connectivity index (χ3v) is 7.90. The maximum Gasteiger partial charge on any atom is 0.306 e. The highest BCUT2D eigenvalue weighted by atomic mass is 32.2. The summed E-state index contributed by atoms with van der Waals surface area (Å²) in [6.07, 6.45) is 7.17. The number of hydrogen-bond acceptors (Lipinski definition) is 8. The lowest BCUT2D eigenvalue weighted by atomic mass is 10.1. The third kappa shape index (κ3) is 4.36. The zero-order chi connectivity index (χ0) is 23.7. The highest BCUT2D eigenvalue weighted by Crippen LogP contribution is 2.33. The molecule has 0 spiro atoms. The summed E-state index contributed by atoms with van der Waals surface area (Å²) in [5.41, 5.74) is 2.67. The summed E-state index contributed by atoms with van der Waals surface area (Å²) in [6, 6.07) is 8.55. The predicted octanol–water partition coefficient (Wildman–Crippen LogP) is 3.37. The summed E-state index contributed by atoms with van der Waals surface area (Å²) in [4.78, 5) is 13.7. The van der Waals surface area contributed by atoms with Gasteiger partial charge in [0.1, 0.15) is 23.4 Å². The number of nitrogens with zero attached hydrogens (tertiary/aromatic N) is 5. The van der Waals surface area contributed by atoms with Gasteiger partial charge < -0.3 is 14.8 Å². The number of oxazole rings is 1. The van der Waals surface area contributed by atoms with E-state index in [4.69, 9.17) is 9.40 Å². The number of aromatic hydroxyl groups is 1. The first-order valence-electron chi connectivity index (χ1n) is 11.3. The molecule has 10 nitrogen and oxygen atoms in total. The average Bonchev–Trinajstić information content (AvgIpc) is 3.41. The quantitative estimate of drug-likeness (QED) is 0.411. The predicted molar refractivity (Wildman–Crippen MR) is 128 cm³/mol.